The molecule has 1 unspecified atom stereocenters. The largest absolute Gasteiger partial charge is 0.458 e. The molecule has 1 atom stereocenters. The number of carbonyl (C=O) groups is 1. The molecule has 0 aliphatic carbocycles. The molecule has 0 aliphatic rings. The van der Waals surface area contributed by atoms with Gasteiger partial charge in [0.25, 0.3) is 0 Å². The minimum Gasteiger partial charge on any atom is -0.458 e. The predicted molar refractivity (Wildman–Crippen MR) is 43.7 cm³/mol. The van der Waals surface area contributed by atoms with Crippen LogP contribution in [0.5, 0.6) is 0 Å². The van der Waals surface area contributed by atoms with Crippen molar-refractivity contribution in [3.05, 3.63) is 11.8 Å². The first-order chi connectivity index (χ1) is 5.56. The molecular weight excluding hydrogens is 156 g/mol. The highest BCUT2D eigenvalue weighted by atomic mass is 16.5. The third kappa shape index (κ3) is 5.30. The summed E-state index contributed by atoms with van der Waals surface area (Å²) in [5.74, 6) is -0.502. The van der Waals surface area contributed by atoms with Crippen molar-refractivity contribution in [3.63, 3.8) is 0 Å². The molecule has 0 aromatic rings. The highest BCUT2D eigenvalue weighted by molar-refractivity contribution is 5.82. The normalized spacial score (nSPS) is 13.2. The van der Waals surface area contributed by atoms with Gasteiger partial charge in [0.15, 0.2) is 0 Å². The van der Waals surface area contributed by atoms with Crippen LogP contribution in [0.1, 0.15) is 20.3 Å². The van der Waals surface area contributed by atoms with Crippen molar-refractivity contribution in [2.45, 2.75) is 26.4 Å². The quantitative estimate of drug-likeness (QED) is 0.497. The molecule has 0 fully saturated rings. The second-order valence-corrected chi connectivity index (χ2v) is 2.50. The van der Waals surface area contributed by atoms with E-state index < -0.39 is 5.97 Å². The average molecular weight is 168 g/mol. The fourth-order valence-electron chi connectivity index (χ4n) is 0.588. The topological polar surface area (TPSA) is 76.1 Å². The number of nitrogens with two attached hydrogens (primary N) is 1. The van der Waals surface area contributed by atoms with Gasteiger partial charge in [-0.05, 0) is 13.8 Å². The zero-order chi connectivity index (χ0) is 9.56. The number of rotatable bonds is 3. The van der Waals surface area contributed by atoms with Crippen LogP contribution in [0.4, 0.5) is 0 Å². The van der Waals surface area contributed by atoms with Crippen LogP contribution < -0.4 is 5.73 Å². The molecule has 2 N–H and O–H groups in total. The van der Waals surface area contributed by atoms with E-state index in [1.807, 2.05) is 6.07 Å². The Balaban J connectivity index is 3.87. The predicted octanol–water partition coefficient (Wildman–Crippen LogP) is 0.694. The van der Waals surface area contributed by atoms with Crippen LogP contribution in [0.25, 0.3) is 0 Å². The molecule has 0 aromatic carbocycles. The Morgan fingerprint density at radius 1 is 1.83 bits per heavy atom. The van der Waals surface area contributed by atoms with Crippen LogP contribution >= 0.6 is 0 Å². The molecule has 0 rings (SSSR count). The SMILES string of the molecule is C/C(N)=C/C(=O)OC(C)CC#N. The highest BCUT2D eigenvalue weighted by Crippen LogP contribution is 1.97. The molecule has 0 aromatic heterocycles. The van der Waals surface area contributed by atoms with Crippen LogP contribution in [0.15, 0.2) is 11.8 Å². The molecular formula is C8H12N2O2. The Morgan fingerprint density at radius 3 is 2.83 bits per heavy atom. The average Bonchev–Trinajstić information content (AvgIpc) is 1.84. The van der Waals surface area contributed by atoms with Crippen LogP contribution in [0.2, 0.25) is 0 Å². The number of nitrogens with zero attached hydrogens (tertiary/aromatic N) is 1. The molecule has 12 heavy (non-hydrogen) atoms. The van der Waals surface area contributed by atoms with Gasteiger partial charge in [-0.1, -0.05) is 0 Å². The standard InChI is InChI=1S/C8H12N2O2/c1-6(10)5-8(11)12-7(2)3-4-9/h5,7H,3,10H2,1-2H3/b6-5-. The first-order valence-electron chi connectivity index (χ1n) is 3.57. The third-order valence-electron chi connectivity index (χ3n) is 1.04. The van der Waals surface area contributed by atoms with Crippen molar-refractivity contribution in [2.24, 2.45) is 5.73 Å². The fourth-order valence-corrected chi connectivity index (χ4v) is 0.588. The summed E-state index contributed by atoms with van der Waals surface area (Å²) < 4.78 is 4.78. The molecule has 4 heteroatoms. The molecule has 0 amide bonds. The van der Waals surface area contributed by atoms with E-state index in [9.17, 15) is 4.79 Å². The lowest BCUT2D eigenvalue weighted by Crippen LogP contribution is -2.13. The van der Waals surface area contributed by atoms with Gasteiger partial charge in [0.05, 0.1) is 12.5 Å². The second-order valence-electron chi connectivity index (χ2n) is 2.50. The Kier molecular flexibility index (Phi) is 4.54. The summed E-state index contributed by atoms with van der Waals surface area (Å²) in [7, 11) is 0. The Bertz CT molecular complexity index is 224. The monoisotopic (exact) mass is 168 g/mol. The molecule has 0 bridgehead atoms. The minimum absolute atomic E-state index is 0.198. The maximum absolute atomic E-state index is 10.9. The Labute approximate surface area is 71.6 Å². The van der Waals surface area contributed by atoms with Crippen molar-refractivity contribution in [3.8, 4) is 6.07 Å². The van der Waals surface area contributed by atoms with E-state index in [1.165, 1.54) is 6.08 Å². The molecule has 0 saturated carbocycles. The summed E-state index contributed by atoms with van der Waals surface area (Å²) in [6, 6.07) is 1.90. The number of ether oxygens (including phenoxy) is 1. The van der Waals surface area contributed by atoms with Gasteiger partial charge in [-0.2, -0.15) is 5.26 Å². The van der Waals surface area contributed by atoms with E-state index in [0.29, 0.717) is 5.70 Å². The summed E-state index contributed by atoms with van der Waals surface area (Å²) in [4.78, 5) is 10.9. The van der Waals surface area contributed by atoms with Gasteiger partial charge in [0, 0.05) is 11.8 Å². The van der Waals surface area contributed by atoms with Gasteiger partial charge in [0.2, 0.25) is 0 Å². The van der Waals surface area contributed by atoms with Crippen LogP contribution in [-0.4, -0.2) is 12.1 Å². The van der Waals surface area contributed by atoms with Gasteiger partial charge < -0.3 is 10.5 Å². The summed E-state index contributed by atoms with van der Waals surface area (Å²) in [6.07, 6.45) is 1.01. The maximum atomic E-state index is 10.9. The summed E-state index contributed by atoms with van der Waals surface area (Å²) in [5.41, 5.74) is 5.63. The van der Waals surface area contributed by atoms with E-state index in [4.69, 9.17) is 15.7 Å². The summed E-state index contributed by atoms with van der Waals surface area (Å²) in [6.45, 7) is 3.25. The summed E-state index contributed by atoms with van der Waals surface area (Å²) >= 11 is 0. The smallest absolute Gasteiger partial charge is 0.332 e. The van der Waals surface area contributed by atoms with Gasteiger partial charge in [-0.25, -0.2) is 4.79 Å². The van der Waals surface area contributed by atoms with Crippen LogP contribution in [-0.2, 0) is 9.53 Å². The molecule has 0 radical (unpaired) electrons. The van der Waals surface area contributed by atoms with Crippen molar-refractivity contribution in [1.29, 1.82) is 5.26 Å². The lowest BCUT2D eigenvalue weighted by Gasteiger charge is -2.06. The molecule has 0 aliphatic heterocycles. The zero-order valence-corrected chi connectivity index (χ0v) is 7.20. The van der Waals surface area contributed by atoms with E-state index in [-0.39, 0.29) is 12.5 Å². The molecule has 66 valence electrons. The lowest BCUT2D eigenvalue weighted by molar-refractivity contribution is -0.141. The number of carbonyl (C=O) groups excluding carboxylic acids is 1. The van der Waals surface area contributed by atoms with Crippen molar-refractivity contribution in [2.75, 3.05) is 0 Å². The van der Waals surface area contributed by atoms with Crippen molar-refractivity contribution >= 4 is 5.97 Å². The first-order valence-corrected chi connectivity index (χ1v) is 3.57. The Morgan fingerprint density at radius 2 is 2.42 bits per heavy atom. The maximum Gasteiger partial charge on any atom is 0.332 e. The van der Waals surface area contributed by atoms with Gasteiger partial charge in [-0.15, -0.1) is 0 Å². The number of allylic oxidation sites excluding steroid dienone is 1. The van der Waals surface area contributed by atoms with Gasteiger partial charge in [-0.3, -0.25) is 0 Å². The molecule has 0 spiro atoms. The highest BCUT2D eigenvalue weighted by Gasteiger charge is 2.05. The fraction of sp³-hybridized carbons (Fsp3) is 0.500. The van der Waals surface area contributed by atoms with Crippen LogP contribution in [0.3, 0.4) is 0 Å². The van der Waals surface area contributed by atoms with Crippen molar-refractivity contribution < 1.29 is 9.53 Å². The van der Waals surface area contributed by atoms with Crippen molar-refractivity contribution in [1.82, 2.24) is 0 Å². The van der Waals surface area contributed by atoms with E-state index in [2.05, 4.69) is 0 Å². The second kappa shape index (κ2) is 5.19. The number of esters is 1. The van der Waals surface area contributed by atoms with Gasteiger partial charge in [0.1, 0.15) is 6.10 Å². The van der Waals surface area contributed by atoms with E-state index in [1.54, 1.807) is 13.8 Å². The van der Waals surface area contributed by atoms with Gasteiger partial charge >= 0.3 is 5.97 Å². The lowest BCUT2D eigenvalue weighted by atomic mass is 10.3. The molecule has 0 heterocycles. The van der Waals surface area contributed by atoms with E-state index >= 15 is 0 Å². The molecule has 4 nitrogen and oxygen atoms in total. The van der Waals surface area contributed by atoms with E-state index in [0.717, 1.165) is 0 Å². The first kappa shape index (κ1) is 10.5. The number of nitriles is 1. The zero-order valence-electron chi connectivity index (χ0n) is 7.20. The number of hydrogen-bond donors (Lipinski definition) is 1. The molecule has 0 saturated heterocycles. The third-order valence-corrected chi connectivity index (χ3v) is 1.04. The summed E-state index contributed by atoms with van der Waals surface area (Å²) in [5, 5.41) is 8.25. The minimum atomic E-state index is -0.502. The Hall–Kier alpha value is -1.50. The van der Waals surface area contributed by atoms with Crippen LogP contribution in [0, 0.1) is 11.3 Å². The number of hydrogen-bond acceptors (Lipinski definition) is 4.